The number of nitrogens with zero attached hydrogens (tertiary/aromatic N) is 2. The van der Waals surface area contributed by atoms with E-state index < -0.39 is 0 Å². The zero-order chi connectivity index (χ0) is 40.3. The van der Waals surface area contributed by atoms with Gasteiger partial charge in [-0.05, 0) is 123 Å². The van der Waals surface area contributed by atoms with Crippen LogP contribution in [0.3, 0.4) is 0 Å². The fourth-order valence-electron chi connectivity index (χ4n) is 7.64. The van der Waals surface area contributed by atoms with Crippen molar-refractivity contribution in [2.45, 2.75) is 247 Å². The molecular formula is C54H88N2. The van der Waals surface area contributed by atoms with Crippen molar-refractivity contribution in [3.05, 3.63) is 58.7 Å². The lowest BCUT2D eigenvalue weighted by atomic mass is 10.00. The van der Waals surface area contributed by atoms with E-state index in [0.29, 0.717) is 0 Å². The molecule has 2 heteroatoms. The summed E-state index contributed by atoms with van der Waals surface area (Å²) in [7, 11) is 0. The lowest BCUT2D eigenvalue weighted by Crippen LogP contribution is -2.12. The van der Waals surface area contributed by atoms with Gasteiger partial charge >= 0.3 is 0 Å². The highest BCUT2D eigenvalue weighted by atomic mass is 14.8. The van der Waals surface area contributed by atoms with Crippen LogP contribution in [0.1, 0.15) is 244 Å². The minimum absolute atomic E-state index is 0.887. The van der Waals surface area contributed by atoms with Gasteiger partial charge in [-0.1, -0.05) is 188 Å². The van der Waals surface area contributed by atoms with Crippen LogP contribution in [0.5, 0.6) is 0 Å². The van der Waals surface area contributed by atoms with Crippen LogP contribution in [-0.4, -0.2) is 11.4 Å². The largest absolute Gasteiger partial charge is 0.250 e. The van der Waals surface area contributed by atoms with E-state index in [1.165, 1.54) is 176 Å². The lowest BCUT2D eigenvalue weighted by molar-refractivity contribution is 0.530. The molecule has 0 unspecified atom stereocenters. The maximum absolute atomic E-state index is 5.46. The molecule has 0 aliphatic carbocycles. The number of unbranched alkanes of at least 4 members (excludes halogenated alkanes) is 21. The predicted molar refractivity (Wildman–Crippen MR) is 253 cm³/mol. The minimum atomic E-state index is 0.887. The molecule has 0 amide bonds. The van der Waals surface area contributed by atoms with Gasteiger partial charge in [-0.25, -0.2) is 4.99 Å². The van der Waals surface area contributed by atoms with Crippen LogP contribution in [0.15, 0.2) is 46.4 Å². The predicted octanol–water partition coefficient (Wildman–Crippen LogP) is 17.7. The highest BCUT2D eigenvalue weighted by molar-refractivity contribution is 6.49. The average molecular weight is 765 g/mol. The van der Waals surface area contributed by atoms with E-state index in [9.17, 15) is 0 Å². The molecule has 314 valence electrons. The van der Waals surface area contributed by atoms with Crippen molar-refractivity contribution in [3.8, 4) is 11.8 Å². The van der Waals surface area contributed by atoms with Crippen LogP contribution in [0.25, 0.3) is 0 Å². The van der Waals surface area contributed by atoms with Crippen molar-refractivity contribution >= 4 is 22.8 Å². The SMILES string of the molecule is CCCCCCCCCCCCCCCCCCC#CC(=Nc1cc(CCCC)cc(CCCC)c1)C(CCCC)=Nc1cc(CCCC)cc(CCCC)c1. The first-order chi connectivity index (χ1) is 27.6. The van der Waals surface area contributed by atoms with E-state index in [1.807, 2.05) is 0 Å². The molecule has 0 radical (unpaired) electrons. The Kier molecular flexibility index (Phi) is 30.4. The Balaban J connectivity index is 2.21. The Morgan fingerprint density at radius 3 is 1.09 bits per heavy atom. The van der Waals surface area contributed by atoms with Crippen LogP contribution in [0, 0.1) is 11.8 Å². The van der Waals surface area contributed by atoms with E-state index in [1.54, 1.807) is 0 Å². The number of benzene rings is 2. The van der Waals surface area contributed by atoms with Gasteiger partial charge < -0.3 is 0 Å². The third kappa shape index (κ3) is 24.2. The summed E-state index contributed by atoms with van der Waals surface area (Å²) in [6.07, 6.45) is 40.5. The van der Waals surface area contributed by atoms with Crippen molar-refractivity contribution in [2.24, 2.45) is 9.98 Å². The third-order valence-corrected chi connectivity index (χ3v) is 11.3. The summed E-state index contributed by atoms with van der Waals surface area (Å²) in [4.78, 5) is 10.9. The lowest BCUT2D eigenvalue weighted by Gasteiger charge is -2.11. The van der Waals surface area contributed by atoms with Crippen LogP contribution < -0.4 is 0 Å². The summed E-state index contributed by atoms with van der Waals surface area (Å²) in [6, 6.07) is 14.2. The van der Waals surface area contributed by atoms with Gasteiger partial charge in [0.2, 0.25) is 0 Å². The van der Waals surface area contributed by atoms with Crippen LogP contribution in [0.2, 0.25) is 0 Å². The van der Waals surface area contributed by atoms with Crippen LogP contribution in [0.4, 0.5) is 11.4 Å². The molecule has 0 bridgehead atoms. The molecule has 2 rings (SSSR count). The Bertz CT molecular complexity index is 1330. The van der Waals surface area contributed by atoms with Gasteiger partial charge in [0.1, 0.15) is 5.71 Å². The van der Waals surface area contributed by atoms with Gasteiger partial charge in [-0.3, -0.25) is 4.99 Å². The molecule has 0 heterocycles. The van der Waals surface area contributed by atoms with Crippen molar-refractivity contribution < 1.29 is 0 Å². The molecule has 0 fully saturated rings. The first kappa shape index (κ1) is 49.5. The molecule has 0 spiro atoms. The van der Waals surface area contributed by atoms with Gasteiger partial charge in [0.15, 0.2) is 0 Å². The fraction of sp³-hybridized carbons (Fsp3) is 0.704. The molecule has 2 aromatic carbocycles. The first-order valence-corrected chi connectivity index (χ1v) is 24.5. The number of hydrogen-bond donors (Lipinski definition) is 0. The summed E-state index contributed by atoms with van der Waals surface area (Å²) in [5.74, 6) is 7.25. The molecule has 0 aromatic heterocycles. The summed E-state index contributed by atoms with van der Waals surface area (Å²) in [5.41, 5.74) is 9.77. The van der Waals surface area contributed by atoms with Gasteiger partial charge in [-0.15, -0.1) is 0 Å². The normalized spacial score (nSPS) is 12.0. The fourth-order valence-corrected chi connectivity index (χ4v) is 7.64. The topological polar surface area (TPSA) is 24.7 Å². The second-order valence-corrected chi connectivity index (χ2v) is 16.9. The Labute approximate surface area is 349 Å². The van der Waals surface area contributed by atoms with E-state index in [2.05, 4.69) is 89.8 Å². The van der Waals surface area contributed by atoms with Gasteiger partial charge in [0, 0.05) is 6.42 Å². The number of aliphatic imine (C=N–C) groups is 2. The van der Waals surface area contributed by atoms with Crippen molar-refractivity contribution in [1.29, 1.82) is 0 Å². The maximum Gasteiger partial charge on any atom is 0.135 e. The van der Waals surface area contributed by atoms with Crippen LogP contribution >= 0.6 is 0 Å². The zero-order valence-corrected chi connectivity index (χ0v) is 38.0. The Morgan fingerprint density at radius 2 is 0.714 bits per heavy atom. The molecule has 2 aromatic rings. The molecule has 0 N–H and O–H groups in total. The second kappa shape index (κ2) is 34.4. The van der Waals surface area contributed by atoms with Gasteiger partial charge in [0.05, 0.1) is 17.1 Å². The summed E-state index contributed by atoms with van der Waals surface area (Å²) in [5, 5.41) is 0. The second-order valence-electron chi connectivity index (χ2n) is 16.9. The van der Waals surface area contributed by atoms with Gasteiger partial charge in [-0.2, -0.15) is 0 Å². The van der Waals surface area contributed by atoms with Crippen molar-refractivity contribution in [2.75, 3.05) is 0 Å². The number of rotatable bonds is 34. The van der Waals surface area contributed by atoms with E-state index in [-0.39, 0.29) is 0 Å². The molecule has 0 saturated heterocycles. The highest BCUT2D eigenvalue weighted by Gasteiger charge is 2.11. The van der Waals surface area contributed by atoms with E-state index in [0.717, 1.165) is 74.2 Å². The Hall–Kier alpha value is -2.66. The highest BCUT2D eigenvalue weighted by Crippen LogP contribution is 2.25. The zero-order valence-electron chi connectivity index (χ0n) is 38.0. The smallest absolute Gasteiger partial charge is 0.135 e. The molecule has 0 atom stereocenters. The molecule has 0 saturated carbocycles. The Morgan fingerprint density at radius 1 is 0.375 bits per heavy atom. The van der Waals surface area contributed by atoms with E-state index in [4.69, 9.17) is 9.98 Å². The summed E-state index contributed by atoms with van der Waals surface area (Å²) >= 11 is 0. The third-order valence-electron chi connectivity index (χ3n) is 11.3. The molecule has 2 nitrogen and oxygen atoms in total. The number of hydrogen-bond acceptors (Lipinski definition) is 2. The first-order valence-electron chi connectivity index (χ1n) is 24.5. The van der Waals surface area contributed by atoms with E-state index >= 15 is 0 Å². The number of aryl methyl sites for hydroxylation is 4. The molecule has 56 heavy (non-hydrogen) atoms. The summed E-state index contributed by atoms with van der Waals surface area (Å²) in [6.45, 7) is 13.7. The minimum Gasteiger partial charge on any atom is -0.250 e. The van der Waals surface area contributed by atoms with Crippen LogP contribution in [-0.2, 0) is 25.7 Å². The van der Waals surface area contributed by atoms with Crippen molar-refractivity contribution in [1.82, 2.24) is 0 Å². The molecule has 0 aliphatic rings. The maximum atomic E-state index is 5.46. The van der Waals surface area contributed by atoms with Crippen molar-refractivity contribution in [3.63, 3.8) is 0 Å². The molecule has 0 aliphatic heterocycles. The van der Waals surface area contributed by atoms with Gasteiger partial charge in [0.25, 0.3) is 0 Å². The quantitative estimate of drug-likeness (QED) is 0.0385. The summed E-state index contributed by atoms with van der Waals surface area (Å²) < 4.78 is 0. The monoisotopic (exact) mass is 765 g/mol. The molecular weight excluding hydrogens is 677 g/mol. The standard InChI is InChI=1S/C54H88N2/c1-7-13-19-20-21-22-23-24-25-26-27-28-29-30-31-32-33-34-40-54(56-52-45-49(37-16-10-4)42-50(46-52)38-17-11-5)53(39-18-12-6)55-51-43-47(35-14-8-2)41-48(44-51)36-15-9-3/h41-46H,7-33,35-39H2,1-6H3. The average Bonchev–Trinajstić information content (AvgIpc) is 3.21.